The summed E-state index contributed by atoms with van der Waals surface area (Å²) in [7, 11) is 1.62. The Labute approximate surface area is 208 Å². The van der Waals surface area contributed by atoms with Gasteiger partial charge in [0.2, 0.25) is 0 Å². The topological polar surface area (TPSA) is 77.5 Å². The van der Waals surface area contributed by atoms with Crippen LogP contribution < -0.4 is 10.1 Å². The summed E-state index contributed by atoms with van der Waals surface area (Å²) in [6.45, 7) is 7.89. The Hall–Kier alpha value is -3.71. The fourth-order valence-corrected chi connectivity index (χ4v) is 5.44. The molecule has 4 aromatic rings. The average Bonchev–Trinajstić information content (AvgIpc) is 3.18. The van der Waals surface area contributed by atoms with Gasteiger partial charge in [-0.15, -0.1) is 11.3 Å². The number of thiophene rings is 1. The van der Waals surface area contributed by atoms with Crippen LogP contribution in [0, 0.1) is 13.8 Å². The molecule has 0 fully saturated rings. The Kier molecular flexibility index (Phi) is 7.17. The highest BCUT2D eigenvalue weighted by Crippen LogP contribution is 2.36. The molecule has 0 aliphatic carbocycles. The van der Waals surface area contributed by atoms with Crippen LogP contribution in [0.15, 0.2) is 48.5 Å². The first-order chi connectivity index (χ1) is 16.9. The van der Waals surface area contributed by atoms with Gasteiger partial charge in [-0.05, 0) is 68.7 Å². The number of rotatable bonds is 7. The highest BCUT2D eigenvalue weighted by molar-refractivity contribution is 7.16. The molecule has 0 aliphatic rings. The van der Waals surface area contributed by atoms with Gasteiger partial charge in [0.15, 0.2) is 0 Å². The van der Waals surface area contributed by atoms with Crippen molar-refractivity contribution in [3.63, 3.8) is 0 Å². The molecular weight excluding hydrogens is 460 g/mol. The molecule has 1 N–H and O–H groups in total. The minimum Gasteiger partial charge on any atom is -0.497 e. The van der Waals surface area contributed by atoms with Crippen LogP contribution in [0.5, 0.6) is 5.75 Å². The molecule has 2 aromatic carbocycles. The van der Waals surface area contributed by atoms with Crippen molar-refractivity contribution in [3.8, 4) is 17.0 Å². The van der Waals surface area contributed by atoms with Gasteiger partial charge in [-0.1, -0.05) is 25.1 Å². The van der Waals surface area contributed by atoms with E-state index < -0.39 is 5.97 Å². The smallest absolute Gasteiger partial charge is 0.341 e. The van der Waals surface area contributed by atoms with Crippen LogP contribution in [0.3, 0.4) is 0 Å². The largest absolute Gasteiger partial charge is 0.497 e. The van der Waals surface area contributed by atoms with Gasteiger partial charge in [-0.3, -0.25) is 4.79 Å². The zero-order chi connectivity index (χ0) is 25.1. The van der Waals surface area contributed by atoms with Crippen molar-refractivity contribution < 1.29 is 19.1 Å². The van der Waals surface area contributed by atoms with E-state index >= 15 is 0 Å². The summed E-state index contributed by atoms with van der Waals surface area (Å²) in [6, 6.07) is 15.2. The van der Waals surface area contributed by atoms with Gasteiger partial charge in [0.25, 0.3) is 5.91 Å². The summed E-state index contributed by atoms with van der Waals surface area (Å²) in [4.78, 5) is 32.4. The van der Waals surface area contributed by atoms with Gasteiger partial charge >= 0.3 is 5.97 Å². The van der Waals surface area contributed by atoms with Crippen LogP contribution in [-0.2, 0) is 11.2 Å². The molecule has 2 aromatic heterocycles. The predicted molar refractivity (Wildman–Crippen MR) is 141 cm³/mol. The number of esters is 1. The Morgan fingerprint density at radius 1 is 1.00 bits per heavy atom. The Morgan fingerprint density at radius 3 is 2.37 bits per heavy atom. The minimum absolute atomic E-state index is 0.267. The summed E-state index contributed by atoms with van der Waals surface area (Å²) < 4.78 is 10.6. The molecule has 4 rings (SSSR count). The molecule has 180 valence electrons. The van der Waals surface area contributed by atoms with Crippen molar-refractivity contribution in [2.45, 2.75) is 34.1 Å². The number of para-hydroxylation sites is 1. The Balaban J connectivity index is 1.84. The number of methoxy groups -OCH3 is 1. The first-order valence-corrected chi connectivity index (χ1v) is 12.4. The molecule has 0 bridgehead atoms. The van der Waals surface area contributed by atoms with Crippen LogP contribution in [-0.4, -0.2) is 30.6 Å². The lowest BCUT2D eigenvalue weighted by Crippen LogP contribution is -2.17. The number of amides is 1. The molecule has 0 atom stereocenters. The highest BCUT2D eigenvalue weighted by atomic mass is 32.1. The number of aryl methyl sites for hydroxylation is 1. The summed E-state index contributed by atoms with van der Waals surface area (Å²) in [6.07, 6.45) is 0.672. The number of benzene rings is 2. The van der Waals surface area contributed by atoms with Crippen LogP contribution in [0.4, 0.5) is 5.00 Å². The van der Waals surface area contributed by atoms with Gasteiger partial charge in [-0.2, -0.15) is 0 Å². The second-order valence-corrected chi connectivity index (χ2v) is 9.30. The van der Waals surface area contributed by atoms with Crippen LogP contribution in [0.1, 0.15) is 50.6 Å². The summed E-state index contributed by atoms with van der Waals surface area (Å²) in [5, 5.41) is 4.28. The molecule has 6 nitrogen and oxygen atoms in total. The zero-order valence-corrected chi connectivity index (χ0v) is 21.3. The number of aromatic nitrogens is 1. The summed E-state index contributed by atoms with van der Waals surface area (Å²) in [5.41, 5.74) is 4.95. The second-order valence-electron chi connectivity index (χ2n) is 8.08. The van der Waals surface area contributed by atoms with E-state index in [1.165, 1.54) is 11.3 Å². The number of pyridine rings is 1. The third-order valence-corrected chi connectivity index (χ3v) is 7.06. The zero-order valence-electron chi connectivity index (χ0n) is 20.5. The number of hydrogen-bond donors (Lipinski definition) is 1. The average molecular weight is 489 g/mol. The normalized spacial score (nSPS) is 10.9. The van der Waals surface area contributed by atoms with Crippen molar-refractivity contribution in [3.05, 3.63) is 75.7 Å². The van der Waals surface area contributed by atoms with E-state index in [1.54, 1.807) is 14.0 Å². The van der Waals surface area contributed by atoms with Gasteiger partial charge in [0.05, 0.1) is 36.1 Å². The fraction of sp³-hybridized carbons (Fsp3) is 0.250. The Bertz CT molecular complexity index is 1410. The lowest BCUT2D eigenvalue weighted by Gasteiger charge is -2.15. The minimum atomic E-state index is -0.417. The maximum absolute atomic E-state index is 13.8. The molecule has 35 heavy (non-hydrogen) atoms. The van der Waals surface area contributed by atoms with Crippen LogP contribution >= 0.6 is 11.3 Å². The number of anilines is 1. The molecule has 0 spiro atoms. The molecule has 0 aliphatic heterocycles. The first-order valence-electron chi connectivity index (χ1n) is 11.5. The van der Waals surface area contributed by atoms with E-state index in [4.69, 9.17) is 14.5 Å². The highest BCUT2D eigenvalue weighted by Gasteiger charge is 2.26. The van der Waals surface area contributed by atoms with Gasteiger partial charge in [-0.25, -0.2) is 9.78 Å². The molecule has 2 heterocycles. The maximum atomic E-state index is 13.8. The Morgan fingerprint density at radius 2 is 1.71 bits per heavy atom. The van der Waals surface area contributed by atoms with Gasteiger partial charge < -0.3 is 14.8 Å². The molecule has 0 radical (unpaired) electrons. The van der Waals surface area contributed by atoms with E-state index in [1.807, 2.05) is 69.3 Å². The number of carbonyl (C=O) groups is 2. The number of fused-ring (bicyclic) bond motifs is 1. The van der Waals surface area contributed by atoms with Crippen LogP contribution in [0.25, 0.3) is 22.2 Å². The molecule has 0 unspecified atom stereocenters. The van der Waals surface area contributed by atoms with E-state index in [-0.39, 0.29) is 12.5 Å². The van der Waals surface area contributed by atoms with Crippen molar-refractivity contribution in [1.82, 2.24) is 4.98 Å². The third-order valence-electron chi connectivity index (χ3n) is 6.00. The molecule has 7 heteroatoms. The molecule has 0 saturated carbocycles. The molecule has 1 amide bonds. The number of ether oxygens (including phenoxy) is 2. The predicted octanol–water partition coefficient (Wildman–Crippen LogP) is 6.58. The number of nitrogens with one attached hydrogen (secondary N) is 1. The SMILES string of the molecule is CCOC(=O)c1c(NC(=O)c2c(C)c(-c3ccc(OC)cc3)nc3ccccc23)sc(C)c1CC. The molecular formula is C28H28N2O4S. The van der Waals surface area contributed by atoms with Crippen molar-refractivity contribution >= 4 is 39.1 Å². The second kappa shape index (κ2) is 10.3. The quantitative estimate of drug-likeness (QED) is 0.297. The van der Waals surface area contributed by atoms with Crippen molar-refractivity contribution in [1.29, 1.82) is 0 Å². The van der Waals surface area contributed by atoms with Crippen LogP contribution in [0.2, 0.25) is 0 Å². The van der Waals surface area contributed by atoms with E-state index in [9.17, 15) is 9.59 Å². The lowest BCUT2D eigenvalue weighted by atomic mass is 9.97. The molecule has 0 saturated heterocycles. The fourth-order valence-electron chi connectivity index (χ4n) is 4.31. The number of hydrogen-bond acceptors (Lipinski definition) is 6. The number of carbonyl (C=O) groups excluding carboxylic acids is 2. The van der Waals surface area contributed by atoms with E-state index in [2.05, 4.69) is 5.32 Å². The summed E-state index contributed by atoms with van der Waals surface area (Å²) in [5.74, 6) is 0.0426. The standard InChI is InChI=1S/C28H28N2O4S/c1-6-20-17(4)35-27(24(20)28(32)34-7-2)30-26(31)23-16(3)25(18-12-14-19(33-5)15-13-18)29-22-11-9-8-10-21(22)23/h8-15H,6-7H2,1-5H3,(H,30,31). The van der Waals surface area contributed by atoms with Crippen molar-refractivity contribution in [2.24, 2.45) is 0 Å². The summed E-state index contributed by atoms with van der Waals surface area (Å²) >= 11 is 1.40. The van der Waals surface area contributed by atoms with E-state index in [0.29, 0.717) is 22.5 Å². The third kappa shape index (κ3) is 4.64. The first kappa shape index (κ1) is 24.4. The monoisotopic (exact) mass is 488 g/mol. The lowest BCUT2D eigenvalue weighted by molar-refractivity contribution is 0.0527. The maximum Gasteiger partial charge on any atom is 0.341 e. The number of nitrogens with zero attached hydrogens (tertiary/aromatic N) is 1. The van der Waals surface area contributed by atoms with Gasteiger partial charge in [0.1, 0.15) is 10.8 Å². The van der Waals surface area contributed by atoms with E-state index in [0.717, 1.165) is 43.9 Å². The van der Waals surface area contributed by atoms with Gasteiger partial charge in [0, 0.05) is 15.8 Å². The van der Waals surface area contributed by atoms with Crippen molar-refractivity contribution in [2.75, 3.05) is 19.0 Å².